The van der Waals surface area contributed by atoms with E-state index in [4.69, 9.17) is 0 Å². The Labute approximate surface area is 133 Å². The van der Waals surface area contributed by atoms with Gasteiger partial charge in [0.05, 0.1) is 17.1 Å². The van der Waals surface area contributed by atoms with E-state index in [-0.39, 0.29) is 17.6 Å². The van der Waals surface area contributed by atoms with E-state index in [1.807, 2.05) is 10.6 Å². The molecule has 1 aliphatic carbocycles. The molecule has 0 spiro atoms. The number of likely N-dealkylation sites (tertiary alicyclic amines) is 1. The van der Waals surface area contributed by atoms with Crippen LogP contribution < -0.4 is 5.69 Å². The van der Waals surface area contributed by atoms with Crippen LogP contribution in [-0.2, 0) is 0 Å². The third-order valence-corrected chi connectivity index (χ3v) is 5.10. The van der Waals surface area contributed by atoms with Crippen LogP contribution in [0.15, 0.2) is 23.0 Å². The maximum Gasteiger partial charge on any atom is 0.326 e. The van der Waals surface area contributed by atoms with Gasteiger partial charge < -0.3 is 15.0 Å². The number of nitrogens with one attached hydrogen (secondary N) is 1. The van der Waals surface area contributed by atoms with Crippen molar-refractivity contribution in [2.75, 3.05) is 13.1 Å². The molecule has 2 heterocycles. The predicted octanol–water partition coefficient (Wildman–Crippen LogP) is 1.65. The number of fused-ring (bicyclic) bond motifs is 1. The molecule has 23 heavy (non-hydrogen) atoms. The number of hydrogen-bond acceptors (Lipinski definition) is 3. The molecule has 1 saturated carbocycles. The maximum atomic E-state index is 12.5. The highest BCUT2D eigenvalue weighted by Gasteiger charge is 2.26. The number of imidazole rings is 1. The molecule has 2 aromatic rings. The average molecular weight is 315 g/mol. The summed E-state index contributed by atoms with van der Waals surface area (Å²) in [7, 11) is 0. The molecule has 0 unspecified atom stereocenters. The number of H-pyrrole nitrogens is 1. The second-order valence-corrected chi connectivity index (χ2v) is 6.66. The summed E-state index contributed by atoms with van der Waals surface area (Å²) >= 11 is 0. The van der Waals surface area contributed by atoms with Crippen LogP contribution in [0.25, 0.3) is 11.0 Å². The molecule has 2 aliphatic rings. The van der Waals surface area contributed by atoms with Crippen molar-refractivity contribution in [2.45, 2.75) is 44.2 Å². The van der Waals surface area contributed by atoms with Crippen LogP contribution in [0.4, 0.5) is 0 Å². The number of aliphatic hydroxyl groups excluding tert-OH is 1. The van der Waals surface area contributed by atoms with Gasteiger partial charge in [-0.2, -0.15) is 0 Å². The van der Waals surface area contributed by atoms with Crippen molar-refractivity contribution in [2.24, 2.45) is 0 Å². The van der Waals surface area contributed by atoms with Crippen LogP contribution in [0.2, 0.25) is 0 Å². The van der Waals surface area contributed by atoms with Crippen molar-refractivity contribution < 1.29 is 9.90 Å². The highest BCUT2D eigenvalue weighted by atomic mass is 16.3. The Balaban J connectivity index is 1.69. The van der Waals surface area contributed by atoms with Crippen LogP contribution in [0.3, 0.4) is 0 Å². The summed E-state index contributed by atoms with van der Waals surface area (Å²) in [6.45, 7) is 0.966. The summed E-state index contributed by atoms with van der Waals surface area (Å²) in [5, 5.41) is 9.58. The van der Waals surface area contributed by atoms with E-state index in [0.29, 0.717) is 30.6 Å². The van der Waals surface area contributed by atoms with Crippen molar-refractivity contribution >= 4 is 16.9 Å². The molecule has 1 saturated heterocycles. The summed E-state index contributed by atoms with van der Waals surface area (Å²) in [6.07, 6.45) is 4.61. The number of carbonyl (C=O) groups excluding carboxylic acids is 1. The number of β-amino-alcohol motifs (C(OH)–C–C–N with tert-alkyl or cyclic N) is 1. The zero-order valence-corrected chi connectivity index (χ0v) is 13.0. The fourth-order valence-corrected chi connectivity index (χ4v) is 3.90. The molecule has 1 amide bonds. The van der Waals surface area contributed by atoms with E-state index >= 15 is 0 Å². The Hall–Kier alpha value is -2.08. The maximum absolute atomic E-state index is 12.5. The standard InChI is InChI=1S/C17H21N3O3/c21-13-7-8-19(10-13)16(22)11-5-6-15-14(9-11)18-17(23)20(15)12-3-1-2-4-12/h5-6,9,12-13,21H,1-4,7-8,10H2,(H,18,23)/t13-/m1/s1. The zero-order valence-electron chi connectivity index (χ0n) is 13.0. The lowest BCUT2D eigenvalue weighted by atomic mass is 10.1. The minimum Gasteiger partial charge on any atom is -0.391 e. The van der Waals surface area contributed by atoms with Crippen LogP contribution >= 0.6 is 0 Å². The number of aromatic nitrogens is 2. The first-order chi connectivity index (χ1) is 11.1. The topological polar surface area (TPSA) is 78.3 Å². The Morgan fingerprint density at radius 3 is 2.70 bits per heavy atom. The Kier molecular flexibility index (Phi) is 3.49. The number of benzene rings is 1. The molecule has 2 fully saturated rings. The molecule has 0 radical (unpaired) electrons. The molecule has 1 aliphatic heterocycles. The van der Waals surface area contributed by atoms with Gasteiger partial charge in [-0.15, -0.1) is 0 Å². The van der Waals surface area contributed by atoms with Gasteiger partial charge in [0.25, 0.3) is 5.91 Å². The predicted molar refractivity (Wildman–Crippen MR) is 86.6 cm³/mol. The minimum absolute atomic E-state index is 0.0853. The summed E-state index contributed by atoms with van der Waals surface area (Å²) in [4.78, 5) is 29.3. The number of aliphatic hydroxyl groups is 1. The molecule has 6 nitrogen and oxygen atoms in total. The largest absolute Gasteiger partial charge is 0.391 e. The van der Waals surface area contributed by atoms with Crippen LogP contribution in [0.1, 0.15) is 48.5 Å². The van der Waals surface area contributed by atoms with Crippen molar-refractivity contribution in [3.8, 4) is 0 Å². The van der Waals surface area contributed by atoms with Gasteiger partial charge in [-0.3, -0.25) is 9.36 Å². The number of rotatable bonds is 2. The molecule has 6 heteroatoms. The molecular weight excluding hydrogens is 294 g/mol. The molecule has 2 N–H and O–H groups in total. The molecule has 1 aromatic heterocycles. The van der Waals surface area contributed by atoms with Gasteiger partial charge in [0.2, 0.25) is 0 Å². The number of nitrogens with zero attached hydrogens (tertiary/aromatic N) is 2. The Morgan fingerprint density at radius 1 is 1.22 bits per heavy atom. The normalized spacial score (nSPS) is 22.3. The highest BCUT2D eigenvalue weighted by molar-refractivity contribution is 5.97. The van der Waals surface area contributed by atoms with Gasteiger partial charge in [-0.25, -0.2) is 4.79 Å². The third kappa shape index (κ3) is 2.47. The fraction of sp³-hybridized carbons (Fsp3) is 0.529. The van der Waals surface area contributed by atoms with Crippen molar-refractivity contribution in [1.82, 2.24) is 14.5 Å². The van der Waals surface area contributed by atoms with E-state index < -0.39 is 6.10 Å². The van der Waals surface area contributed by atoms with Gasteiger partial charge in [0.15, 0.2) is 0 Å². The fourth-order valence-electron chi connectivity index (χ4n) is 3.90. The molecule has 122 valence electrons. The molecule has 1 aromatic carbocycles. The zero-order chi connectivity index (χ0) is 16.0. The number of hydrogen-bond donors (Lipinski definition) is 2. The van der Waals surface area contributed by atoms with Crippen LogP contribution in [0, 0.1) is 0 Å². The molecule has 4 rings (SSSR count). The van der Waals surface area contributed by atoms with Crippen molar-refractivity contribution in [3.63, 3.8) is 0 Å². The lowest BCUT2D eigenvalue weighted by Gasteiger charge is -2.16. The second kappa shape index (κ2) is 5.53. The van der Waals surface area contributed by atoms with E-state index in [1.54, 1.807) is 17.0 Å². The highest BCUT2D eigenvalue weighted by Crippen LogP contribution is 2.30. The van der Waals surface area contributed by atoms with Gasteiger partial charge in [0, 0.05) is 24.7 Å². The third-order valence-electron chi connectivity index (χ3n) is 5.10. The lowest BCUT2D eigenvalue weighted by molar-refractivity contribution is 0.0765. The van der Waals surface area contributed by atoms with Gasteiger partial charge in [-0.1, -0.05) is 12.8 Å². The van der Waals surface area contributed by atoms with E-state index in [9.17, 15) is 14.7 Å². The van der Waals surface area contributed by atoms with Gasteiger partial charge in [-0.05, 0) is 37.5 Å². The summed E-state index contributed by atoms with van der Waals surface area (Å²) in [6, 6.07) is 5.68. The average Bonchev–Trinajstić information content (AvgIpc) is 3.24. The summed E-state index contributed by atoms with van der Waals surface area (Å²) in [5.41, 5.74) is 2.06. The van der Waals surface area contributed by atoms with E-state index in [1.165, 1.54) is 0 Å². The van der Waals surface area contributed by atoms with E-state index in [2.05, 4.69) is 4.98 Å². The Morgan fingerprint density at radius 2 is 2.00 bits per heavy atom. The smallest absolute Gasteiger partial charge is 0.326 e. The lowest BCUT2D eigenvalue weighted by Crippen LogP contribution is -2.29. The minimum atomic E-state index is -0.425. The first-order valence-electron chi connectivity index (χ1n) is 8.35. The first-order valence-corrected chi connectivity index (χ1v) is 8.35. The van der Waals surface area contributed by atoms with E-state index in [0.717, 1.165) is 31.2 Å². The number of carbonyl (C=O) groups is 1. The van der Waals surface area contributed by atoms with Crippen LogP contribution in [0.5, 0.6) is 0 Å². The van der Waals surface area contributed by atoms with Gasteiger partial charge in [0.1, 0.15) is 0 Å². The van der Waals surface area contributed by atoms with Gasteiger partial charge >= 0.3 is 5.69 Å². The van der Waals surface area contributed by atoms with Crippen molar-refractivity contribution in [3.05, 3.63) is 34.2 Å². The van der Waals surface area contributed by atoms with Crippen molar-refractivity contribution in [1.29, 1.82) is 0 Å². The summed E-state index contributed by atoms with van der Waals surface area (Å²) in [5.74, 6) is -0.0853. The summed E-state index contributed by atoms with van der Waals surface area (Å²) < 4.78 is 1.84. The quantitative estimate of drug-likeness (QED) is 0.884. The molecule has 1 atom stereocenters. The molecule has 0 bridgehead atoms. The van der Waals surface area contributed by atoms with Crippen LogP contribution in [-0.4, -0.2) is 44.7 Å². The monoisotopic (exact) mass is 315 g/mol. The SMILES string of the molecule is O=C(c1ccc2c(c1)[nH]c(=O)n2C1CCCC1)N1CC[C@@H](O)C1. The Bertz CT molecular complexity index is 801. The molecular formula is C17H21N3O3. The number of aromatic amines is 1. The number of amides is 1. The second-order valence-electron chi connectivity index (χ2n) is 6.66. The first kappa shape index (κ1) is 14.5.